The molecule has 0 fully saturated rings. The van der Waals surface area contributed by atoms with Gasteiger partial charge < -0.3 is 15.5 Å². The van der Waals surface area contributed by atoms with Crippen LogP contribution < -0.4 is 5.32 Å². The zero-order valence-corrected chi connectivity index (χ0v) is 10.9. The van der Waals surface area contributed by atoms with Gasteiger partial charge in [0.05, 0.1) is 12.5 Å². The lowest BCUT2D eigenvalue weighted by molar-refractivity contribution is -0.137. The summed E-state index contributed by atoms with van der Waals surface area (Å²) in [4.78, 5) is 21.7. The highest BCUT2D eigenvalue weighted by Gasteiger charge is 2.22. The van der Waals surface area contributed by atoms with Crippen molar-refractivity contribution in [3.05, 3.63) is 28.3 Å². The average Bonchev–Trinajstić information content (AvgIpc) is 2.66. The normalized spacial score (nSPS) is 14.9. The molecule has 1 aliphatic rings. The molecule has 0 aromatic heterocycles. The Labute approximate surface area is 115 Å². The summed E-state index contributed by atoms with van der Waals surface area (Å²) in [5, 5.41) is 21.6. The number of carboxylic acid groups (broad SMARTS) is 1. The van der Waals surface area contributed by atoms with Crippen molar-refractivity contribution in [2.45, 2.75) is 31.8 Å². The Balaban J connectivity index is 2.10. The maximum absolute atomic E-state index is 11.3. The maximum Gasteiger partial charge on any atom is 0.303 e. The molecule has 0 saturated heterocycles. The first-order valence-corrected chi connectivity index (χ1v) is 6.37. The lowest BCUT2D eigenvalue weighted by Gasteiger charge is -2.13. The number of nitrogens with one attached hydrogen (secondary N) is 1. The largest absolute Gasteiger partial charge is 0.481 e. The first-order valence-electron chi connectivity index (χ1n) is 5.99. The van der Waals surface area contributed by atoms with Crippen LogP contribution in [-0.4, -0.2) is 22.1 Å². The molecule has 1 aromatic rings. The van der Waals surface area contributed by atoms with Gasteiger partial charge in [0.15, 0.2) is 0 Å². The van der Waals surface area contributed by atoms with Gasteiger partial charge in [-0.05, 0) is 36.1 Å². The van der Waals surface area contributed by atoms with E-state index in [1.165, 1.54) is 0 Å². The van der Waals surface area contributed by atoms with Crippen LogP contribution in [0.5, 0.6) is 0 Å². The summed E-state index contributed by atoms with van der Waals surface area (Å²) in [6, 6.07) is 3.33. The molecule has 0 radical (unpaired) electrons. The van der Waals surface area contributed by atoms with Crippen LogP contribution in [0.3, 0.4) is 0 Å². The molecule has 3 N–H and O–H groups in total. The molecule has 6 heteroatoms. The molecular formula is C13H14ClNO4. The van der Waals surface area contributed by atoms with Crippen LogP contribution in [0.15, 0.2) is 12.1 Å². The second-order valence-corrected chi connectivity index (χ2v) is 4.96. The fourth-order valence-electron chi connectivity index (χ4n) is 2.12. The van der Waals surface area contributed by atoms with Crippen LogP contribution in [0.4, 0.5) is 5.69 Å². The molecule has 0 unspecified atom stereocenters. The van der Waals surface area contributed by atoms with E-state index in [2.05, 4.69) is 5.32 Å². The minimum atomic E-state index is -0.887. The standard InChI is InChI=1S/C13H14ClNO4/c14-9-6-10-7(5-12(17)15-10)4-8(9)11(16)2-1-3-13(18)19/h4,6,11,16H,1-3,5H2,(H,15,17)(H,18,19)/t11-/m1/s1. The summed E-state index contributed by atoms with van der Waals surface area (Å²) in [6.45, 7) is 0. The Hall–Kier alpha value is -1.59. The lowest BCUT2D eigenvalue weighted by atomic mass is 10.0. The molecular weight excluding hydrogens is 270 g/mol. The van der Waals surface area contributed by atoms with Gasteiger partial charge in [0.1, 0.15) is 0 Å². The summed E-state index contributed by atoms with van der Waals surface area (Å²) >= 11 is 6.06. The summed E-state index contributed by atoms with van der Waals surface area (Å²) in [5.41, 5.74) is 2.03. The SMILES string of the molecule is O=C(O)CCC[C@@H](O)c1cc2c(cc1Cl)NC(=O)C2. The highest BCUT2D eigenvalue weighted by Crippen LogP contribution is 2.34. The zero-order chi connectivity index (χ0) is 14.0. The third-order valence-electron chi connectivity index (χ3n) is 3.07. The second-order valence-electron chi connectivity index (χ2n) is 4.56. The summed E-state index contributed by atoms with van der Waals surface area (Å²) in [5.74, 6) is -0.981. The topological polar surface area (TPSA) is 86.6 Å². The Kier molecular flexibility index (Phi) is 4.07. The van der Waals surface area contributed by atoms with Crippen molar-refractivity contribution in [2.75, 3.05) is 5.32 Å². The van der Waals surface area contributed by atoms with E-state index in [1.54, 1.807) is 12.1 Å². The smallest absolute Gasteiger partial charge is 0.303 e. The number of hydrogen-bond acceptors (Lipinski definition) is 3. The van der Waals surface area contributed by atoms with Gasteiger partial charge >= 0.3 is 5.97 Å². The van der Waals surface area contributed by atoms with E-state index in [1.807, 2.05) is 0 Å². The van der Waals surface area contributed by atoms with Gasteiger partial charge in [0.25, 0.3) is 0 Å². The predicted molar refractivity (Wildman–Crippen MR) is 70.2 cm³/mol. The minimum absolute atomic E-state index is 0.0136. The Morgan fingerprint density at radius 3 is 2.89 bits per heavy atom. The first-order chi connectivity index (χ1) is 8.97. The van der Waals surface area contributed by atoms with Gasteiger partial charge in [0.2, 0.25) is 5.91 Å². The van der Waals surface area contributed by atoms with Crippen molar-refractivity contribution in [1.82, 2.24) is 0 Å². The quantitative estimate of drug-likeness (QED) is 0.772. The summed E-state index contributed by atoms with van der Waals surface area (Å²) in [6.07, 6.45) is 0.182. The highest BCUT2D eigenvalue weighted by molar-refractivity contribution is 6.32. The van der Waals surface area contributed by atoms with Crippen LogP contribution in [0.25, 0.3) is 0 Å². The lowest BCUT2D eigenvalue weighted by Crippen LogP contribution is -2.03. The van der Waals surface area contributed by atoms with E-state index >= 15 is 0 Å². The molecule has 5 nitrogen and oxygen atoms in total. The number of aliphatic carboxylic acids is 1. The molecule has 0 bridgehead atoms. The number of carbonyl (C=O) groups excluding carboxylic acids is 1. The average molecular weight is 284 g/mol. The Bertz CT molecular complexity index is 530. The van der Waals surface area contributed by atoms with Gasteiger partial charge in [-0.15, -0.1) is 0 Å². The molecule has 0 saturated carbocycles. The van der Waals surface area contributed by atoms with Gasteiger partial charge in [-0.25, -0.2) is 0 Å². The van der Waals surface area contributed by atoms with Gasteiger partial charge in [0, 0.05) is 17.1 Å². The third-order valence-corrected chi connectivity index (χ3v) is 3.40. The number of hydrogen-bond donors (Lipinski definition) is 3. The van der Waals surface area contributed by atoms with Crippen molar-refractivity contribution >= 4 is 29.2 Å². The second kappa shape index (κ2) is 5.59. The number of aliphatic hydroxyl groups is 1. The first kappa shape index (κ1) is 13.8. The number of fused-ring (bicyclic) bond motifs is 1. The van der Waals surface area contributed by atoms with E-state index in [4.69, 9.17) is 16.7 Å². The van der Waals surface area contributed by atoms with Crippen molar-refractivity contribution in [3.63, 3.8) is 0 Å². The highest BCUT2D eigenvalue weighted by atomic mass is 35.5. The Morgan fingerprint density at radius 1 is 1.47 bits per heavy atom. The molecule has 0 spiro atoms. The van der Waals surface area contributed by atoms with Crippen LogP contribution in [0.1, 0.15) is 36.5 Å². The molecule has 102 valence electrons. The van der Waals surface area contributed by atoms with Gasteiger partial charge in [-0.1, -0.05) is 11.6 Å². The van der Waals surface area contributed by atoms with E-state index < -0.39 is 12.1 Å². The fraction of sp³-hybridized carbons (Fsp3) is 0.385. The number of amides is 1. The predicted octanol–water partition coefficient (Wildman–Crippen LogP) is 2.12. The third kappa shape index (κ3) is 3.24. The van der Waals surface area contributed by atoms with E-state index in [0.29, 0.717) is 29.1 Å². The van der Waals surface area contributed by atoms with Crippen molar-refractivity contribution in [2.24, 2.45) is 0 Å². The molecule has 1 aliphatic heterocycles. The number of anilines is 1. The molecule has 1 atom stereocenters. The van der Waals surface area contributed by atoms with Gasteiger partial charge in [-0.2, -0.15) is 0 Å². The van der Waals surface area contributed by atoms with Gasteiger partial charge in [-0.3, -0.25) is 9.59 Å². The van der Waals surface area contributed by atoms with Crippen molar-refractivity contribution in [1.29, 1.82) is 0 Å². The van der Waals surface area contributed by atoms with E-state index in [-0.39, 0.29) is 18.7 Å². The molecule has 1 heterocycles. The van der Waals surface area contributed by atoms with E-state index in [0.717, 1.165) is 5.56 Å². The van der Waals surface area contributed by atoms with Crippen molar-refractivity contribution < 1.29 is 19.8 Å². The van der Waals surface area contributed by atoms with Crippen LogP contribution in [0.2, 0.25) is 5.02 Å². The summed E-state index contributed by atoms with van der Waals surface area (Å²) in [7, 11) is 0. The Morgan fingerprint density at radius 2 is 2.21 bits per heavy atom. The molecule has 2 rings (SSSR count). The van der Waals surface area contributed by atoms with E-state index in [9.17, 15) is 14.7 Å². The van der Waals surface area contributed by atoms with Crippen molar-refractivity contribution in [3.8, 4) is 0 Å². The fourth-order valence-corrected chi connectivity index (χ4v) is 2.41. The van der Waals surface area contributed by atoms with Crippen LogP contribution >= 0.6 is 11.6 Å². The molecule has 1 amide bonds. The van der Waals surface area contributed by atoms with Crippen LogP contribution in [-0.2, 0) is 16.0 Å². The number of aliphatic hydroxyl groups excluding tert-OH is 1. The van der Waals surface area contributed by atoms with Crippen LogP contribution in [0, 0.1) is 0 Å². The zero-order valence-electron chi connectivity index (χ0n) is 10.1. The monoisotopic (exact) mass is 283 g/mol. The number of halogens is 1. The number of carbonyl (C=O) groups is 2. The molecule has 0 aliphatic carbocycles. The summed E-state index contributed by atoms with van der Waals surface area (Å²) < 4.78 is 0. The number of benzene rings is 1. The number of carboxylic acids is 1. The molecule has 1 aromatic carbocycles. The molecule has 19 heavy (non-hydrogen) atoms. The number of rotatable bonds is 5. The minimum Gasteiger partial charge on any atom is -0.481 e. The maximum atomic E-state index is 11.3.